The van der Waals surface area contributed by atoms with Crippen molar-refractivity contribution in [2.45, 2.75) is 12.8 Å². The van der Waals surface area contributed by atoms with Crippen LogP contribution in [0.3, 0.4) is 0 Å². The number of imide groups is 1. The zero-order valence-corrected chi connectivity index (χ0v) is 17.5. The predicted octanol–water partition coefficient (Wildman–Crippen LogP) is 3.20. The molecule has 5 rings (SSSR count). The molecule has 0 aromatic heterocycles. The molecule has 1 N–H and O–H groups in total. The number of hydrogen-bond donors (Lipinski definition) is 1. The first-order valence-corrected chi connectivity index (χ1v) is 14.1. The third-order valence-corrected chi connectivity index (χ3v) is 16.6. The summed E-state index contributed by atoms with van der Waals surface area (Å²) in [6.45, 7) is 0. The summed E-state index contributed by atoms with van der Waals surface area (Å²) >= 11 is -1.33. The van der Waals surface area contributed by atoms with Gasteiger partial charge in [0.05, 0.1) is 0 Å². The molecule has 3 aliphatic rings. The van der Waals surface area contributed by atoms with Gasteiger partial charge >= 0.3 is 158 Å². The SMILES string of the molecule is O=C1NC(=O)/C(=[C]2\c3ccc[c]4c3C=[C](CCc3ccccc3)[In]24)S1. The van der Waals surface area contributed by atoms with Crippen LogP contribution in [-0.4, -0.2) is 32.6 Å². The van der Waals surface area contributed by atoms with Gasteiger partial charge in [0.2, 0.25) is 0 Å². The molecule has 4 bridgehead atoms. The Balaban J connectivity index is 1.52. The van der Waals surface area contributed by atoms with E-state index < -0.39 is 21.4 Å². The molecule has 2 aromatic rings. The van der Waals surface area contributed by atoms with Crippen molar-refractivity contribution in [1.29, 1.82) is 0 Å². The van der Waals surface area contributed by atoms with E-state index in [4.69, 9.17) is 0 Å². The molecule has 3 heterocycles. The third-order valence-electron chi connectivity index (χ3n) is 5.14. The Bertz CT molecular complexity index is 994. The van der Waals surface area contributed by atoms with Gasteiger partial charge in [0.1, 0.15) is 0 Å². The number of thioether (sulfide) groups is 1. The van der Waals surface area contributed by atoms with Crippen LogP contribution in [0.2, 0.25) is 0 Å². The number of benzene rings is 2. The van der Waals surface area contributed by atoms with E-state index in [0.29, 0.717) is 4.91 Å². The van der Waals surface area contributed by atoms with Crippen molar-refractivity contribution in [3.8, 4) is 0 Å². The van der Waals surface area contributed by atoms with Crippen LogP contribution >= 0.6 is 11.8 Å². The summed E-state index contributed by atoms with van der Waals surface area (Å²) in [4.78, 5) is 24.6. The average Bonchev–Trinajstić information content (AvgIpc) is 3.20. The Hall–Kier alpha value is -1.72. The zero-order chi connectivity index (χ0) is 17.0. The molecule has 3 aliphatic heterocycles. The van der Waals surface area contributed by atoms with Gasteiger partial charge in [-0.15, -0.1) is 0 Å². The summed E-state index contributed by atoms with van der Waals surface area (Å²) in [6.07, 6.45) is 4.46. The topological polar surface area (TPSA) is 46.2 Å². The number of aryl methyl sites for hydroxylation is 1. The second kappa shape index (κ2) is 5.92. The zero-order valence-electron chi connectivity index (χ0n) is 13.4. The molecule has 25 heavy (non-hydrogen) atoms. The Kier molecular flexibility index (Phi) is 3.68. The van der Waals surface area contributed by atoms with Crippen molar-refractivity contribution >= 4 is 57.1 Å². The molecule has 0 saturated carbocycles. The maximum atomic E-state index is 12.3. The van der Waals surface area contributed by atoms with Crippen LogP contribution in [0.15, 0.2) is 56.8 Å². The fourth-order valence-electron chi connectivity index (χ4n) is 4.09. The summed E-state index contributed by atoms with van der Waals surface area (Å²) in [5.41, 5.74) is 3.87. The van der Waals surface area contributed by atoms with E-state index in [1.165, 1.54) is 23.3 Å². The van der Waals surface area contributed by atoms with Crippen molar-refractivity contribution in [1.82, 2.24) is 5.32 Å². The molecule has 0 radical (unpaired) electrons. The molecule has 2 amide bonds. The van der Waals surface area contributed by atoms with Crippen molar-refractivity contribution in [3.05, 3.63) is 73.5 Å². The number of hydrogen-bond acceptors (Lipinski definition) is 3. The van der Waals surface area contributed by atoms with Crippen molar-refractivity contribution in [3.63, 3.8) is 0 Å². The Morgan fingerprint density at radius 3 is 2.52 bits per heavy atom. The van der Waals surface area contributed by atoms with E-state index >= 15 is 0 Å². The van der Waals surface area contributed by atoms with Crippen LogP contribution in [-0.2, 0) is 11.2 Å². The minimum absolute atomic E-state index is 0.204. The van der Waals surface area contributed by atoms with Gasteiger partial charge in [-0.25, -0.2) is 0 Å². The van der Waals surface area contributed by atoms with E-state index in [1.807, 2.05) is 6.07 Å². The van der Waals surface area contributed by atoms with Crippen LogP contribution in [0.1, 0.15) is 23.1 Å². The van der Waals surface area contributed by atoms with Crippen LogP contribution in [0, 0.1) is 0 Å². The Morgan fingerprint density at radius 1 is 0.960 bits per heavy atom. The van der Waals surface area contributed by atoms with E-state index in [2.05, 4.69) is 53.9 Å². The van der Waals surface area contributed by atoms with Crippen molar-refractivity contribution in [2.75, 3.05) is 0 Å². The van der Waals surface area contributed by atoms with Crippen molar-refractivity contribution < 1.29 is 9.59 Å². The molecule has 2 aromatic carbocycles. The van der Waals surface area contributed by atoms with Crippen molar-refractivity contribution in [2.24, 2.45) is 0 Å². The molecule has 0 aliphatic carbocycles. The second-order valence-electron chi connectivity index (χ2n) is 6.53. The number of carbonyl (C=O) groups excluding carboxylic acids is 2. The van der Waals surface area contributed by atoms with E-state index in [0.717, 1.165) is 24.6 Å². The van der Waals surface area contributed by atoms with Crippen LogP contribution < -0.4 is 8.64 Å². The molecule has 5 heteroatoms. The molecule has 3 nitrogen and oxygen atoms in total. The number of carbonyl (C=O) groups is 2. The number of nitrogens with one attached hydrogen (secondary N) is 1. The van der Waals surface area contributed by atoms with Gasteiger partial charge in [0.15, 0.2) is 0 Å². The maximum absolute atomic E-state index is 12.3. The first-order chi connectivity index (χ1) is 12.2. The van der Waals surface area contributed by atoms with E-state index in [-0.39, 0.29) is 11.1 Å². The van der Waals surface area contributed by atoms with Crippen LogP contribution in [0.4, 0.5) is 4.79 Å². The molecule has 0 atom stereocenters. The number of allylic oxidation sites excluding steroid dienone is 1. The van der Waals surface area contributed by atoms with Gasteiger partial charge in [-0.1, -0.05) is 0 Å². The predicted molar refractivity (Wildman–Crippen MR) is 103 cm³/mol. The number of amides is 2. The van der Waals surface area contributed by atoms with Gasteiger partial charge < -0.3 is 0 Å². The minimum atomic E-state index is -2.42. The van der Waals surface area contributed by atoms with Crippen LogP contribution in [0.5, 0.6) is 0 Å². The summed E-state index contributed by atoms with van der Waals surface area (Å²) in [6, 6.07) is 17.0. The molecular weight excluding hydrogens is 433 g/mol. The average molecular weight is 447 g/mol. The second-order valence-corrected chi connectivity index (χ2v) is 15.5. The first kappa shape index (κ1) is 15.5. The quantitative estimate of drug-likeness (QED) is 0.736. The fraction of sp³-hybridized carbons (Fsp3) is 0.100. The third kappa shape index (κ3) is 2.44. The van der Waals surface area contributed by atoms with Gasteiger partial charge in [-0.3, -0.25) is 0 Å². The standard InChI is InChI=1S/C20H14NO2S.In/c22-19-18(24-20(23)21-19)14-17-13-7-6-12-16(17)11-5-4-10-15-8-2-1-3-9-15;/h1-3,6-9,11,13H,4,10H2,(H,21,22,23);. The van der Waals surface area contributed by atoms with Gasteiger partial charge in [-0.05, 0) is 0 Å². The fourth-order valence-corrected chi connectivity index (χ4v) is 16.5. The normalized spacial score (nSPS) is 20.3. The van der Waals surface area contributed by atoms with Gasteiger partial charge in [-0.2, -0.15) is 0 Å². The van der Waals surface area contributed by atoms with E-state index in [1.54, 1.807) is 3.33 Å². The summed E-state index contributed by atoms with van der Waals surface area (Å²) in [5, 5.41) is 2.19. The molecule has 120 valence electrons. The van der Waals surface area contributed by atoms with Gasteiger partial charge in [0, 0.05) is 0 Å². The molecule has 1 saturated heterocycles. The monoisotopic (exact) mass is 447 g/mol. The molecule has 1 fully saturated rings. The first-order valence-electron chi connectivity index (χ1n) is 8.37. The van der Waals surface area contributed by atoms with Crippen LogP contribution in [0.25, 0.3) is 9.41 Å². The Morgan fingerprint density at radius 2 is 1.80 bits per heavy atom. The molecule has 0 spiro atoms. The summed E-state index contributed by atoms with van der Waals surface area (Å²) in [7, 11) is 0. The summed E-state index contributed by atoms with van der Waals surface area (Å²) in [5.74, 6) is -0.204. The molecular formula is C20H14InNO2S. The Labute approximate surface area is 157 Å². The van der Waals surface area contributed by atoms with E-state index in [9.17, 15) is 9.59 Å². The number of rotatable bonds is 3. The summed E-state index contributed by atoms with van der Waals surface area (Å²) < 4.78 is 4.27. The van der Waals surface area contributed by atoms with Gasteiger partial charge in [0.25, 0.3) is 0 Å². The molecule has 0 unspecified atom stereocenters.